The number of sulfone groups is 1. The van der Waals surface area contributed by atoms with E-state index in [9.17, 15) is 13.2 Å². The number of rotatable bonds is 6. The van der Waals surface area contributed by atoms with E-state index in [-0.39, 0.29) is 36.6 Å². The summed E-state index contributed by atoms with van der Waals surface area (Å²) in [4.78, 5) is 14.4. The minimum absolute atomic E-state index is 0.0292. The second-order valence-electron chi connectivity index (χ2n) is 6.82. The van der Waals surface area contributed by atoms with Crippen molar-refractivity contribution in [1.82, 2.24) is 4.90 Å². The van der Waals surface area contributed by atoms with Gasteiger partial charge in [0.15, 0.2) is 16.4 Å². The fraction of sp³-hybridized carbons (Fsp3) is 0.421. The second-order valence-corrected chi connectivity index (χ2v) is 9.42. The van der Waals surface area contributed by atoms with Gasteiger partial charge in [-0.1, -0.05) is 11.6 Å². The Labute approximate surface area is 164 Å². The Balaban J connectivity index is 1.72. The average Bonchev–Trinajstić information content (AvgIpc) is 3.24. The highest BCUT2D eigenvalue weighted by molar-refractivity contribution is 7.91. The molecule has 0 N–H and O–H groups in total. The molecule has 27 heavy (non-hydrogen) atoms. The van der Waals surface area contributed by atoms with Gasteiger partial charge in [0.25, 0.3) is 5.91 Å². The van der Waals surface area contributed by atoms with Gasteiger partial charge in [0.05, 0.1) is 24.3 Å². The smallest absolute Gasteiger partial charge is 0.261 e. The average molecular weight is 412 g/mol. The Morgan fingerprint density at radius 3 is 2.59 bits per heavy atom. The third-order valence-corrected chi connectivity index (χ3v) is 6.99. The normalized spacial score (nSPS) is 18.4. The first kappa shape index (κ1) is 19.8. The molecule has 1 fully saturated rings. The van der Waals surface area contributed by atoms with Crippen molar-refractivity contribution < 1.29 is 22.4 Å². The molecular formula is C19H22ClNO5S. The van der Waals surface area contributed by atoms with Gasteiger partial charge in [-0.25, -0.2) is 8.42 Å². The summed E-state index contributed by atoms with van der Waals surface area (Å²) in [6.07, 6.45) is 1.95. The van der Waals surface area contributed by atoms with E-state index in [0.29, 0.717) is 23.0 Å². The Morgan fingerprint density at radius 1 is 1.33 bits per heavy atom. The number of hydrogen-bond donors (Lipinski definition) is 0. The minimum Gasteiger partial charge on any atom is -0.484 e. The van der Waals surface area contributed by atoms with Crippen LogP contribution >= 0.6 is 11.6 Å². The molecule has 0 saturated carbocycles. The van der Waals surface area contributed by atoms with Crippen LogP contribution in [0.5, 0.6) is 5.75 Å². The van der Waals surface area contributed by atoms with E-state index in [0.717, 1.165) is 11.1 Å². The number of halogens is 1. The van der Waals surface area contributed by atoms with Crippen LogP contribution in [0.1, 0.15) is 23.3 Å². The molecule has 0 bridgehead atoms. The highest BCUT2D eigenvalue weighted by Gasteiger charge is 2.35. The number of hydrogen-bond acceptors (Lipinski definition) is 5. The van der Waals surface area contributed by atoms with Gasteiger partial charge in [0.2, 0.25) is 0 Å². The molecule has 1 saturated heterocycles. The SMILES string of the molecule is Cc1cc(OCC(=O)N(Cc2ccco2)[C@H]2CCS(=O)(=O)C2)cc(C)c1Cl. The lowest BCUT2D eigenvalue weighted by Gasteiger charge is -2.27. The van der Waals surface area contributed by atoms with Crippen LogP contribution in [0, 0.1) is 13.8 Å². The zero-order chi connectivity index (χ0) is 19.6. The predicted octanol–water partition coefficient (Wildman–Crippen LogP) is 3.14. The minimum atomic E-state index is -3.12. The molecule has 1 atom stereocenters. The van der Waals surface area contributed by atoms with Gasteiger partial charge < -0.3 is 14.1 Å². The highest BCUT2D eigenvalue weighted by atomic mass is 35.5. The third-order valence-electron chi connectivity index (χ3n) is 4.65. The summed E-state index contributed by atoms with van der Waals surface area (Å²) in [5, 5.41) is 0.671. The van der Waals surface area contributed by atoms with E-state index in [1.165, 1.54) is 6.26 Å². The number of aryl methyl sites for hydroxylation is 2. The van der Waals surface area contributed by atoms with E-state index < -0.39 is 9.84 Å². The molecule has 1 amide bonds. The van der Waals surface area contributed by atoms with Crippen LogP contribution in [-0.2, 0) is 21.2 Å². The quantitative estimate of drug-likeness (QED) is 0.729. The van der Waals surface area contributed by atoms with E-state index in [2.05, 4.69) is 0 Å². The molecule has 2 aromatic rings. The summed E-state index contributed by atoms with van der Waals surface area (Å²) in [7, 11) is -3.12. The van der Waals surface area contributed by atoms with Crippen molar-refractivity contribution >= 4 is 27.3 Å². The van der Waals surface area contributed by atoms with E-state index in [4.69, 9.17) is 20.8 Å². The largest absolute Gasteiger partial charge is 0.484 e. The van der Waals surface area contributed by atoms with Gasteiger partial charge in [-0.3, -0.25) is 4.79 Å². The van der Waals surface area contributed by atoms with Gasteiger partial charge in [-0.2, -0.15) is 0 Å². The Hall–Kier alpha value is -1.99. The van der Waals surface area contributed by atoms with Crippen molar-refractivity contribution in [2.24, 2.45) is 0 Å². The summed E-state index contributed by atoms with van der Waals surface area (Å²) >= 11 is 6.16. The summed E-state index contributed by atoms with van der Waals surface area (Å²) in [5.74, 6) is 0.943. The molecule has 1 aromatic carbocycles. The van der Waals surface area contributed by atoms with Crippen molar-refractivity contribution in [3.8, 4) is 5.75 Å². The summed E-state index contributed by atoms with van der Waals surface area (Å²) < 4.78 is 34.7. The number of carbonyl (C=O) groups is 1. The van der Waals surface area contributed by atoms with Crippen LogP contribution < -0.4 is 4.74 Å². The molecule has 1 aliphatic heterocycles. The van der Waals surface area contributed by atoms with Crippen LogP contribution in [0.15, 0.2) is 34.9 Å². The molecule has 1 aromatic heterocycles. The number of nitrogens with zero attached hydrogens (tertiary/aromatic N) is 1. The number of benzene rings is 1. The topological polar surface area (TPSA) is 76.8 Å². The molecular weight excluding hydrogens is 390 g/mol. The molecule has 8 heteroatoms. The molecule has 0 unspecified atom stereocenters. The van der Waals surface area contributed by atoms with Crippen molar-refractivity contribution in [3.05, 3.63) is 52.4 Å². The lowest BCUT2D eigenvalue weighted by atomic mass is 10.1. The zero-order valence-corrected chi connectivity index (χ0v) is 16.8. The van der Waals surface area contributed by atoms with Crippen molar-refractivity contribution in [1.29, 1.82) is 0 Å². The van der Waals surface area contributed by atoms with Gasteiger partial charge in [-0.05, 0) is 55.7 Å². The maximum atomic E-state index is 12.8. The molecule has 6 nitrogen and oxygen atoms in total. The third kappa shape index (κ3) is 4.84. The van der Waals surface area contributed by atoms with E-state index >= 15 is 0 Å². The molecule has 146 valence electrons. The lowest BCUT2D eigenvalue weighted by molar-refractivity contribution is -0.136. The highest BCUT2D eigenvalue weighted by Crippen LogP contribution is 2.26. The van der Waals surface area contributed by atoms with Crippen LogP contribution in [0.25, 0.3) is 0 Å². The summed E-state index contributed by atoms with van der Waals surface area (Å²) in [6.45, 7) is 3.78. The molecule has 1 aliphatic rings. The number of furan rings is 1. The molecule has 0 spiro atoms. The fourth-order valence-corrected chi connectivity index (χ4v) is 5.07. The van der Waals surface area contributed by atoms with Gasteiger partial charge >= 0.3 is 0 Å². The monoisotopic (exact) mass is 411 g/mol. The van der Waals surface area contributed by atoms with Crippen LogP contribution in [0.2, 0.25) is 5.02 Å². The summed E-state index contributed by atoms with van der Waals surface area (Å²) in [6, 6.07) is 6.68. The van der Waals surface area contributed by atoms with E-state index in [1.54, 1.807) is 29.2 Å². The number of carbonyl (C=O) groups excluding carboxylic acids is 1. The fourth-order valence-electron chi connectivity index (χ4n) is 3.23. The van der Waals surface area contributed by atoms with Crippen molar-refractivity contribution in [2.45, 2.75) is 32.9 Å². The number of amides is 1. The van der Waals surface area contributed by atoms with Crippen molar-refractivity contribution in [3.63, 3.8) is 0 Å². The molecule has 3 rings (SSSR count). The lowest BCUT2D eigenvalue weighted by Crippen LogP contribution is -2.43. The van der Waals surface area contributed by atoms with Crippen LogP contribution in [-0.4, -0.2) is 43.4 Å². The maximum absolute atomic E-state index is 12.8. The maximum Gasteiger partial charge on any atom is 0.261 e. The molecule has 0 radical (unpaired) electrons. The van der Waals surface area contributed by atoms with E-state index in [1.807, 2.05) is 13.8 Å². The Morgan fingerprint density at radius 2 is 2.04 bits per heavy atom. The Kier molecular flexibility index (Phi) is 5.81. The van der Waals surface area contributed by atoms with Crippen LogP contribution in [0.3, 0.4) is 0 Å². The predicted molar refractivity (Wildman–Crippen MR) is 103 cm³/mol. The zero-order valence-electron chi connectivity index (χ0n) is 15.3. The Bertz CT molecular complexity index is 901. The van der Waals surface area contributed by atoms with Crippen molar-refractivity contribution in [2.75, 3.05) is 18.1 Å². The summed E-state index contributed by atoms with van der Waals surface area (Å²) in [5.41, 5.74) is 1.74. The van der Waals surface area contributed by atoms with Gasteiger partial charge in [0, 0.05) is 11.1 Å². The first-order valence-corrected chi connectivity index (χ1v) is 10.9. The second kappa shape index (κ2) is 7.94. The number of ether oxygens (including phenoxy) is 1. The first-order valence-electron chi connectivity index (χ1n) is 8.67. The molecule has 0 aliphatic carbocycles. The van der Waals surface area contributed by atoms with Gasteiger partial charge in [0.1, 0.15) is 11.5 Å². The standard InChI is InChI=1S/C19H22ClNO5S/c1-13-8-17(9-14(2)19(13)20)26-11-18(22)21(10-16-4-3-6-25-16)15-5-7-27(23,24)12-15/h3-4,6,8-9,15H,5,7,10-12H2,1-2H3/t15-/m0/s1. The molecule has 2 heterocycles. The van der Waals surface area contributed by atoms with Crippen LogP contribution in [0.4, 0.5) is 0 Å². The van der Waals surface area contributed by atoms with Gasteiger partial charge in [-0.15, -0.1) is 0 Å². The first-order chi connectivity index (χ1) is 12.7.